The summed E-state index contributed by atoms with van der Waals surface area (Å²) in [7, 11) is 3.09. The van der Waals surface area contributed by atoms with Crippen molar-refractivity contribution < 1.29 is 19.2 Å². The van der Waals surface area contributed by atoms with Crippen LogP contribution in [-0.4, -0.2) is 41.4 Å². The number of methoxy groups -OCH3 is 2. The topological polar surface area (TPSA) is 109 Å². The van der Waals surface area contributed by atoms with Crippen LogP contribution in [0.1, 0.15) is 16.1 Å². The molecule has 3 aromatic carbocycles. The predicted octanol–water partition coefficient (Wildman–Crippen LogP) is 4.44. The molecule has 178 valence electrons. The molecule has 0 atom stereocenters. The van der Waals surface area contributed by atoms with Crippen LogP contribution >= 0.6 is 0 Å². The monoisotopic (exact) mass is 472 g/mol. The van der Waals surface area contributed by atoms with Gasteiger partial charge in [-0.15, -0.1) is 0 Å². The van der Waals surface area contributed by atoms with Crippen LogP contribution in [0, 0.1) is 10.1 Å². The van der Waals surface area contributed by atoms with Gasteiger partial charge >= 0.3 is 0 Å². The summed E-state index contributed by atoms with van der Waals surface area (Å²) in [6.07, 6.45) is 0.663. The Labute approximate surface area is 202 Å². The summed E-state index contributed by atoms with van der Waals surface area (Å²) >= 11 is 0. The molecule has 35 heavy (non-hydrogen) atoms. The quantitative estimate of drug-likeness (QED) is 0.285. The van der Waals surface area contributed by atoms with Gasteiger partial charge in [-0.25, -0.2) is 4.68 Å². The smallest absolute Gasteiger partial charge is 0.271 e. The molecule has 9 nitrogen and oxygen atoms in total. The maximum Gasteiger partial charge on any atom is 0.271 e. The minimum Gasteiger partial charge on any atom is -0.497 e. The Hall–Kier alpha value is -4.66. The highest BCUT2D eigenvalue weighted by molar-refractivity contribution is 5.94. The molecular weight excluding hydrogens is 448 g/mol. The van der Waals surface area contributed by atoms with E-state index in [1.165, 1.54) is 23.9 Å². The Bertz CT molecular complexity index is 1350. The van der Waals surface area contributed by atoms with Gasteiger partial charge in [0.05, 0.1) is 30.5 Å². The first-order valence-electron chi connectivity index (χ1n) is 10.9. The number of nitro benzene ring substituents is 1. The lowest BCUT2D eigenvalue weighted by molar-refractivity contribution is -0.384. The van der Waals surface area contributed by atoms with Gasteiger partial charge in [0, 0.05) is 30.3 Å². The molecule has 0 saturated carbocycles. The zero-order valence-corrected chi connectivity index (χ0v) is 19.3. The van der Waals surface area contributed by atoms with Crippen LogP contribution < -0.4 is 14.8 Å². The third-order valence-electron chi connectivity index (χ3n) is 5.45. The molecule has 0 aliphatic carbocycles. The molecule has 0 aliphatic rings. The normalized spacial score (nSPS) is 10.6. The SMILES string of the molecule is COc1ccc(-c2cc(C(=O)NCCc3ccccc3)n(-c3cccc([N+](=O)[O-])c3)n2)c(OC)c1. The van der Waals surface area contributed by atoms with Gasteiger partial charge in [-0.05, 0) is 36.2 Å². The highest BCUT2D eigenvalue weighted by Crippen LogP contribution is 2.33. The number of nitrogens with one attached hydrogen (secondary N) is 1. The van der Waals surface area contributed by atoms with E-state index >= 15 is 0 Å². The van der Waals surface area contributed by atoms with E-state index in [-0.39, 0.29) is 17.3 Å². The summed E-state index contributed by atoms with van der Waals surface area (Å²) in [5.41, 5.74) is 2.76. The molecule has 4 rings (SSSR count). The average molecular weight is 473 g/mol. The van der Waals surface area contributed by atoms with E-state index in [0.29, 0.717) is 41.4 Å². The molecule has 1 N–H and O–H groups in total. The maximum atomic E-state index is 13.2. The molecule has 9 heteroatoms. The number of non-ortho nitro benzene ring substituents is 1. The number of benzene rings is 3. The molecule has 1 amide bonds. The standard InChI is InChI=1S/C26H24N4O5/c1-34-21-11-12-22(25(16-21)35-2)23-17-24(26(31)27-14-13-18-7-4-3-5-8-18)29(28-23)19-9-6-10-20(15-19)30(32)33/h3-12,15-17H,13-14H2,1-2H3,(H,27,31). The number of nitrogens with zero attached hydrogens (tertiary/aromatic N) is 3. The fourth-order valence-electron chi connectivity index (χ4n) is 3.68. The van der Waals surface area contributed by atoms with Crippen molar-refractivity contribution in [1.82, 2.24) is 15.1 Å². The van der Waals surface area contributed by atoms with E-state index in [4.69, 9.17) is 9.47 Å². The van der Waals surface area contributed by atoms with Crippen LogP contribution in [0.4, 0.5) is 5.69 Å². The van der Waals surface area contributed by atoms with Crippen LogP contribution in [-0.2, 0) is 6.42 Å². The first-order valence-corrected chi connectivity index (χ1v) is 10.9. The van der Waals surface area contributed by atoms with Gasteiger partial charge in [0.2, 0.25) is 0 Å². The van der Waals surface area contributed by atoms with Gasteiger partial charge in [-0.3, -0.25) is 14.9 Å². The van der Waals surface area contributed by atoms with Crippen molar-refractivity contribution in [1.29, 1.82) is 0 Å². The molecule has 0 unspecified atom stereocenters. The van der Waals surface area contributed by atoms with Crippen molar-refractivity contribution in [2.45, 2.75) is 6.42 Å². The highest BCUT2D eigenvalue weighted by atomic mass is 16.6. The van der Waals surface area contributed by atoms with Crippen LogP contribution in [0.2, 0.25) is 0 Å². The third-order valence-corrected chi connectivity index (χ3v) is 5.45. The number of ether oxygens (including phenoxy) is 2. The minimum absolute atomic E-state index is 0.1000. The molecule has 1 heterocycles. The summed E-state index contributed by atoms with van der Waals surface area (Å²) in [4.78, 5) is 24.0. The summed E-state index contributed by atoms with van der Waals surface area (Å²) < 4.78 is 12.2. The number of aromatic nitrogens is 2. The molecule has 0 saturated heterocycles. The summed E-state index contributed by atoms with van der Waals surface area (Å²) in [6, 6.07) is 22.7. The predicted molar refractivity (Wildman–Crippen MR) is 131 cm³/mol. The van der Waals surface area contributed by atoms with Gasteiger partial charge in [0.1, 0.15) is 17.2 Å². The van der Waals surface area contributed by atoms with Crippen LogP contribution in [0.15, 0.2) is 78.9 Å². The van der Waals surface area contributed by atoms with E-state index in [0.717, 1.165) is 5.56 Å². The van der Waals surface area contributed by atoms with Crippen molar-refractivity contribution in [3.8, 4) is 28.4 Å². The molecule has 0 spiro atoms. The van der Waals surface area contributed by atoms with Crippen molar-refractivity contribution in [3.63, 3.8) is 0 Å². The lowest BCUT2D eigenvalue weighted by atomic mass is 10.1. The molecule has 0 bridgehead atoms. The Morgan fingerprint density at radius 2 is 1.80 bits per heavy atom. The average Bonchev–Trinajstić information content (AvgIpc) is 3.34. The fourth-order valence-corrected chi connectivity index (χ4v) is 3.68. The second kappa shape index (κ2) is 10.5. The Morgan fingerprint density at radius 3 is 2.51 bits per heavy atom. The number of hydrogen-bond acceptors (Lipinski definition) is 6. The Kier molecular flexibility index (Phi) is 7.06. The van der Waals surface area contributed by atoms with Gasteiger partial charge in [-0.1, -0.05) is 36.4 Å². The van der Waals surface area contributed by atoms with Crippen molar-refractivity contribution >= 4 is 11.6 Å². The largest absolute Gasteiger partial charge is 0.497 e. The number of hydrogen-bond donors (Lipinski definition) is 1. The van der Waals surface area contributed by atoms with Crippen LogP contribution in [0.3, 0.4) is 0 Å². The molecule has 0 aliphatic heterocycles. The van der Waals surface area contributed by atoms with E-state index in [9.17, 15) is 14.9 Å². The summed E-state index contributed by atoms with van der Waals surface area (Å²) in [5, 5.41) is 18.9. The highest BCUT2D eigenvalue weighted by Gasteiger charge is 2.21. The molecule has 0 radical (unpaired) electrons. The van der Waals surface area contributed by atoms with Gasteiger partial charge in [0.15, 0.2) is 0 Å². The van der Waals surface area contributed by atoms with E-state index in [2.05, 4.69) is 10.4 Å². The first kappa shape index (κ1) is 23.5. The van der Waals surface area contributed by atoms with E-state index in [1.807, 2.05) is 30.3 Å². The second-order valence-electron chi connectivity index (χ2n) is 7.66. The number of carbonyl (C=O) groups excluding carboxylic acids is 1. The molecule has 4 aromatic rings. The third kappa shape index (κ3) is 5.30. The van der Waals surface area contributed by atoms with E-state index < -0.39 is 4.92 Å². The fraction of sp³-hybridized carbons (Fsp3) is 0.154. The number of carbonyl (C=O) groups is 1. The van der Waals surface area contributed by atoms with Crippen LogP contribution in [0.25, 0.3) is 16.9 Å². The second-order valence-corrected chi connectivity index (χ2v) is 7.66. The van der Waals surface area contributed by atoms with Gasteiger partial charge in [0.25, 0.3) is 11.6 Å². The first-order chi connectivity index (χ1) is 17.0. The van der Waals surface area contributed by atoms with Crippen molar-refractivity contribution in [2.75, 3.05) is 20.8 Å². The van der Waals surface area contributed by atoms with Crippen LogP contribution in [0.5, 0.6) is 11.5 Å². The maximum absolute atomic E-state index is 13.2. The number of nitro groups is 1. The summed E-state index contributed by atoms with van der Waals surface area (Å²) in [6.45, 7) is 0.421. The minimum atomic E-state index is -0.486. The molecule has 0 fully saturated rings. The Morgan fingerprint density at radius 1 is 1.00 bits per heavy atom. The Balaban J connectivity index is 1.71. The zero-order chi connectivity index (χ0) is 24.8. The number of amides is 1. The molecule has 1 aromatic heterocycles. The van der Waals surface area contributed by atoms with Gasteiger partial charge in [-0.2, -0.15) is 5.10 Å². The number of rotatable bonds is 9. The lowest BCUT2D eigenvalue weighted by Crippen LogP contribution is -2.27. The van der Waals surface area contributed by atoms with Crippen molar-refractivity contribution in [2.24, 2.45) is 0 Å². The van der Waals surface area contributed by atoms with Crippen molar-refractivity contribution in [3.05, 3.63) is 100 Å². The zero-order valence-electron chi connectivity index (χ0n) is 19.3. The van der Waals surface area contributed by atoms with Gasteiger partial charge < -0.3 is 14.8 Å². The molecular formula is C26H24N4O5. The lowest BCUT2D eigenvalue weighted by Gasteiger charge is -2.09. The van der Waals surface area contributed by atoms with E-state index in [1.54, 1.807) is 43.5 Å². The summed E-state index contributed by atoms with van der Waals surface area (Å²) in [5.74, 6) is 0.783.